The Labute approximate surface area is 125 Å². The van der Waals surface area contributed by atoms with Gasteiger partial charge in [0.25, 0.3) is 0 Å². The lowest BCUT2D eigenvalue weighted by Crippen LogP contribution is -2.02. The highest BCUT2D eigenvalue weighted by Gasteiger charge is 2.11. The van der Waals surface area contributed by atoms with E-state index in [0.29, 0.717) is 0 Å². The minimum Gasteiger partial charge on any atom is -0.459 e. The maximum absolute atomic E-state index is 5.88. The van der Waals surface area contributed by atoms with Crippen LogP contribution in [-0.4, -0.2) is 0 Å². The molecule has 1 atom stereocenters. The first-order valence-electron chi connectivity index (χ1n) is 7.21. The van der Waals surface area contributed by atoms with Crippen LogP contribution in [0.2, 0.25) is 0 Å². The minimum absolute atomic E-state index is 0.0833. The van der Waals surface area contributed by atoms with Gasteiger partial charge < -0.3 is 10.2 Å². The van der Waals surface area contributed by atoms with Crippen molar-refractivity contribution in [3.8, 4) is 11.3 Å². The van der Waals surface area contributed by atoms with Crippen molar-refractivity contribution in [3.63, 3.8) is 0 Å². The lowest BCUT2D eigenvalue weighted by atomic mass is 9.98. The van der Waals surface area contributed by atoms with E-state index in [9.17, 15) is 0 Å². The third-order valence-corrected chi connectivity index (χ3v) is 3.60. The summed E-state index contributed by atoms with van der Waals surface area (Å²) in [6, 6.07) is 22.7. The number of rotatable bonds is 4. The third-order valence-electron chi connectivity index (χ3n) is 3.60. The molecule has 2 nitrogen and oxygen atoms in total. The quantitative estimate of drug-likeness (QED) is 0.759. The zero-order valence-electron chi connectivity index (χ0n) is 12.1. The summed E-state index contributed by atoms with van der Waals surface area (Å²) in [6.45, 7) is 1.93. The molecule has 0 aliphatic heterocycles. The van der Waals surface area contributed by atoms with Gasteiger partial charge in [-0.2, -0.15) is 0 Å². The summed E-state index contributed by atoms with van der Waals surface area (Å²) in [5, 5.41) is 0. The first-order valence-corrected chi connectivity index (χ1v) is 7.21. The van der Waals surface area contributed by atoms with Crippen molar-refractivity contribution in [1.29, 1.82) is 0 Å². The Morgan fingerprint density at radius 1 is 0.905 bits per heavy atom. The van der Waals surface area contributed by atoms with Gasteiger partial charge >= 0.3 is 0 Å². The molecule has 0 spiro atoms. The van der Waals surface area contributed by atoms with Gasteiger partial charge in [0.05, 0.1) is 6.04 Å². The van der Waals surface area contributed by atoms with Crippen molar-refractivity contribution in [2.45, 2.75) is 19.4 Å². The molecule has 0 aliphatic rings. The highest BCUT2D eigenvalue weighted by Crippen LogP contribution is 2.28. The molecule has 106 valence electrons. The molecule has 0 aliphatic carbocycles. The second-order valence-electron chi connectivity index (χ2n) is 5.31. The van der Waals surface area contributed by atoms with Gasteiger partial charge in [-0.15, -0.1) is 0 Å². The summed E-state index contributed by atoms with van der Waals surface area (Å²) >= 11 is 0. The summed E-state index contributed by atoms with van der Waals surface area (Å²) in [4.78, 5) is 0. The summed E-state index contributed by atoms with van der Waals surface area (Å²) < 4.78 is 5.88. The Morgan fingerprint density at radius 3 is 2.33 bits per heavy atom. The van der Waals surface area contributed by atoms with Crippen molar-refractivity contribution in [3.05, 3.63) is 83.6 Å². The second kappa shape index (κ2) is 5.98. The van der Waals surface area contributed by atoms with Gasteiger partial charge in [-0.05, 0) is 36.6 Å². The first kappa shape index (κ1) is 13.7. The summed E-state index contributed by atoms with van der Waals surface area (Å²) in [5.74, 6) is 1.70. The summed E-state index contributed by atoms with van der Waals surface area (Å²) in [7, 11) is 0. The van der Waals surface area contributed by atoms with E-state index in [-0.39, 0.29) is 6.04 Å². The fraction of sp³-hybridized carbons (Fsp3) is 0.158. The average Bonchev–Trinajstić information content (AvgIpc) is 2.99. The van der Waals surface area contributed by atoms with Crippen LogP contribution in [0.25, 0.3) is 11.3 Å². The number of hydrogen-bond donors (Lipinski definition) is 1. The van der Waals surface area contributed by atoms with Crippen molar-refractivity contribution < 1.29 is 4.42 Å². The van der Waals surface area contributed by atoms with Crippen molar-refractivity contribution in [1.82, 2.24) is 0 Å². The zero-order valence-corrected chi connectivity index (χ0v) is 12.1. The van der Waals surface area contributed by atoms with Crippen LogP contribution in [0.3, 0.4) is 0 Å². The van der Waals surface area contributed by atoms with Crippen LogP contribution in [0.4, 0.5) is 0 Å². The van der Waals surface area contributed by atoms with Crippen LogP contribution in [0.1, 0.15) is 29.9 Å². The van der Waals surface area contributed by atoms with Gasteiger partial charge in [0.2, 0.25) is 0 Å². The maximum atomic E-state index is 5.88. The van der Waals surface area contributed by atoms with Gasteiger partial charge in [-0.3, -0.25) is 0 Å². The van der Waals surface area contributed by atoms with Crippen LogP contribution in [-0.2, 0) is 6.42 Å². The van der Waals surface area contributed by atoms with Gasteiger partial charge in [-0.1, -0.05) is 54.6 Å². The van der Waals surface area contributed by atoms with E-state index in [1.54, 1.807) is 0 Å². The van der Waals surface area contributed by atoms with E-state index < -0.39 is 0 Å². The van der Waals surface area contributed by atoms with Crippen LogP contribution >= 0.6 is 0 Å². The lowest BCUT2D eigenvalue weighted by molar-refractivity contribution is 0.491. The molecular weight excluding hydrogens is 258 g/mol. The van der Waals surface area contributed by atoms with Crippen molar-refractivity contribution in [2.24, 2.45) is 5.73 Å². The first-order chi connectivity index (χ1) is 10.2. The summed E-state index contributed by atoms with van der Waals surface area (Å²) in [5.41, 5.74) is 9.56. The number of benzene rings is 2. The molecule has 0 amide bonds. The smallest absolute Gasteiger partial charge is 0.134 e. The Bertz CT molecular complexity index is 713. The highest BCUT2D eigenvalue weighted by atomic mass is 16.3. The normalized spacial score (nSPS) is 12.3. The van der Waals surface area contributed by atoms with Crippen molar-refractivity contribution >= 4 is 0 Å². The van der Waals surface area contributed by atoms with Gasteiger partial charge in [0.1, 0.15) is 11.5 Å². The molecule has 0 saturated heterocycles. The minimum atomic E-state index is -0.0833. The molecule has 21 heavy (non-hydrogen) atoms. The third kappa shape index (κ3) is 3.06. The van der Waals surface area contributed by atoms with E-state index >= 15 is 0 Å². The fourth-order valence-corrected chi connectivity index (χ4v) is 2.47. The zero-order chi connectivity index (χ0) is 14.7. The SMILES string of the molecule is CC(N)c1ccc(-c2ccccc2Cc2ccccc2)o1. The Hall–Kier alpha value is -2.32. The molecule has 1 unspecified atom stereocenters. The molecule has 2 N–H and O–H groups in total. The van der Waals surface area contributed by atoms with E-state index in [1.807, 2.05) is 31.2 Å². The van der Waals surface area contributed by atoms with E-state index in [2.05, 4.69) is 42.5 Å². The summed E-state index contributed by atoms with van der Waals surface area (Å²) in [6.07, 6.45) is 0.894. The molecule has 3 aromatic rings. The Balaban J connectivity index is 1.95. The molecule has 1 heterocycles. The molecule has 2 heteroatoms. The number of furan rings is 1. The Morgan fingerprint density at radius 2 is 1.62 bits per heavy atom. The molecule has 3 rings (SSSR count). The van der Waals surface area contributed by atoms with Crippen LogP contribution in [0.15, 0.2) is 71.1 Å². The predicted molar refractivity (Wildman–Crippen MR) is 86.0 cm³/mol. The Kier molecular flexibility index (Phi) is 3.89. The lowest BCUT2D eigenvalue weighted by Gasteiger charge is -2.08. The van der Waals surface area contributed by atoms with Gasteiger partial charge in [0.15, 0.2) is 0 Å². The largest absolute Gasteiger partial charge is 0.459 e. The van der Waals surface area contributed by atoms with Crippen LogP contribution < -0.4 is 5.73 Å². The average molecular weight is 277 g/mol. The van der Waals surface area contributed by atoms with Crippen molar-refractivity contribution in [2.75, 3.05) is 0 Å². The van der Waals surface area contributed by atoms with Gasteiger partial charge in [-0.25, -0.2) is 0 Å². The van der Waals surface area contributed by atoms with E-state index in [4.69, 9.17) is 10.2 Å². The fourth-order valence-electron chi connectivity index (χ4n) is 2.47. The van der Waals surface area contributed by atoms with E-state index in [0.717, 1.165) is 23.5 Å². The molecule has 1 aromatic heterocycles. The molecule has 0 fully saturated rings. The molecular formula is C19H19NO. The maximum Gasteiger partial charge on any atom is 0.134 e. The topological polar surface area (TPSA) is 39.2 Å². The van der Waals surface area contributed by atoms with E-state index in [1.165, 1.54) is 11.1 Å². The second-order valence-corrected chi connectivity index (χ2v) is 5.31. The van der Waals surface area contributed by atoms with Gasteiger partial charge in [0, 0.05) is 5.56 Å². The number of nitrogens with two attached hydrogens (primary N) is 1. The molecule has 0 bridgehead atoms. The number of hydrogen-bond acceptors (Lipinski definition) is 2. The monoisotopic (exact) mass is 277 g/mol. The van der Waals surface area contributed by atoms with Crippen LogP contribution in [0.5, 0.6) is 0 Å². The highest BCUT2D eigenvalue weighted by molar-refractivity contribution is 5.63. The standard InChI is InChI=1S/C19H19NO/c1-14(20)18-11-12-19(21-18)17-10-6-5-9-16(17)13-15-7-3-2-4-8-15/h2-12,14H,13,20H2,1H3. The molecule has 0 saturated carbocycles. The molecule has 0 radical (unpaired) electrons. The van der Waals surface area contributed by atoms with Crippen LogP contribution in [0, 0.1) is 0 Å². The molecule has 2 aromatic carbocycles. The predicted octanol–water partition coefficient (Wildman–Crippen LogP) is 4.56.